The van der Waals surface area contributed by atoms with Crippen LogP contribution in [0.4, 0.5) is 8.78 Å². The first-order valence-corrected chi connectivity index (χ1v) is 6.47. The Kier molecular flexibility index (Phi) is 3.80. The van der Waals surface area contributed by atoms with Gasteiger partial charge < -0.3 is 0 Å². The molecule has 0 aliphatic rings. The fraction of sp³-hybridized carbons (Fsp3) is 0.133. The first-order chi connectivity index (χ1) is 8.93. The van der Waals surface area contributed by atoms with Crippen molar-refractivity contribution in [3.63, 3.8) is 0 Å². The van der Waals surface area contributed by atoms with Crippen molar-refractivity contribution in [1.29, 1.82) is 0 Å². The van der Waals surface area contributed by atoms with Crippen molar-refractivity contribution in [1.82, 2.24) is 0 Å². The molecule has 0 saturated heterocycles. The van der Waals surface area contributed by atoms with E-state index in [4.69, 9.17) is 0 Å². The van der Waals surface area contributed by atoms with E-state index in [2.05, 4.69) is 15.9 Å². The maximum Gasteiger partial charge on any atom is 0.199 e. The van der Waals surface area contributed by atoms with Crippen LogP contribution in [0.25, 0.3) is 0 Å². The van der Waals surface area contributed by atoms with Crippen molar-refractivity contribution in [2.24, 2.45) is 0 Å². The fourth-order valence-electron chi connectivity index (χ4n) is 1.87. The second-order valence-corrected chi connectivity index (χ2v) is 5.15. The predicted octanol–water partition coefficient (Wildman–Crippen LogP) is 4.58. The topological polar surface area (TPSA) is 17.1 Å². The van der Waals surface area contributed by atoms with Crippen molar-refractivity contribution in [3.05, 3.63) is 68.7 Å². The Hall–Kier alpha value is -1.55. The lowest BCUT2D eigenvalue weighted by Crippen LogP contribution is -2.10. The Morgan fingerprint density at radius 3 is 2.47 bits per heavy atom. The molecule has 0 amide bonds. The van der Waals surface area contributed by atoms with E-state index in [9.17, 15) is 13.6 Å². The van der Waals surface area contributed by atoms with Crippen LogP contribution in [0.1, 0.15) is 27.0 Å². The quantitative estimate of drug-likeness (QED) is 0.584. The van der Waals surface area contributed by atoms with Gasteiger partial charge in [0, 0.05) is 5.56 Å². The molecule has 0 saturated carbocycles. The van der Waals surface area contributed by atoms with Crippen LogP contribution >= 0.6 is 15.9 Å². The zero-order chi connectivity index (χ0) is 14.2. The smallest absolute Gasteiger partial charge is 0.199 e. The fourth-order valence-corrected chi connectivity index (χ4v) is 2.20. The molecule has 1 nitrogen and oxygen atoms in total. The number of ketones is 1. The highest BCUT2D eigenvalue weighted by Crippen LogP contribution is 2.25. The Labute approximate surface area is 118 Å². The monoisotopic (exact) mass is 324 g/mol. The molecule has 2 aromatic carbocycles. The van der Waals surface area contributed by atoms with Crippen LogP contribution in [-0.2, 0) is 0 Å². The number of hydrogen-bond acceptors (Lipinski definition) is 1. The first kappa shape index (κ1) is 13.9. The van der Waals surface area contributed by atoms with E-state index >= 15 is 0 Å². The van der Waals surface area contributed by atoms with Crippen LogP contribution in [0.15, 0.2) is 34.8 Å². The first-order valence-electron chi connectivity index (χ1n) is 5.68. The molecule has 0 aliphatic carbocycles. The lowest BCUT2D eigenvalue weighted by molar-refractivity contribution is 0.103. The van der Waals surface area contributed by atoms with Gasteiger partial charge in [-0.25, -0.2) is 8.78 Å². The summed E-state index contributed by atoms with van der Waals surface area (Å²) in [6.45, 7) is 3.61. The van der Waals surface area contributed by atoms with Crippen molar-refractivity contribution in [2.45, 2.75) is 13.8 Å². The molecule has 0 aromatic heterocycles. The van der Waals surface area contributed by atoms with Crippen LogP contribution in [0.5, 0.6) is 0 Å². The summed E-state index contributed by atoms with van der Waals surface area (Å²) in [7, 11) is 0. The number of halogens is 3. The summed E-state index contributed by atoms with van der Waals surface area (Å²) in [5.74, 6) is -2.37. The van der Waals surface area contributed by atoms with Gasteiger partial charge >= 0.3 is 0 Å². The van der Waals surface area contributed by atoms with Gasteiger partial charge in [-0.1, -0.05) is 18.2 Å². The van der Waals surface area contributed by atoms with E-state index in [1.165, 1.54) is 6.07 Å². The van der Waals surface area contributed by atoms with E-state index in [-0.39, 0.29) is 4.47 Å². The largest absolute Gasteiger partial charge is 0.288 e. The Balaban J connectivity index is 2.63. The van der Waals surface area contributed by atoms with Gasteiger partial charge in [-0.05, 0) is 53.0 Å². The molecule has 0 bridgehead atoms. The van der Waals surface area contributed by atoms with E-state index < -0.39 is 23.0 Å². The molecule has 98 valence electrons. The van der Waals surface area contributed by atoms with Gasteiger partial charge in [-0.15, -0.1) is 0 Å². The molecule has 0 aliphatic heterocycles. The highest BCUT2D eigenvalue weighted by molar-refractivity contribution is 9.10. The zero-order valence-electron chi connectivity index (χ0n) is 10.4. The molecule has 19 heavy (non-hydrogen) atoms. The van der Waals surface area contributed by atoms with Gasteiger partial charge in [0.1, 0.15) is 5.82 Å². The van der Waals surface area contributed by atoms with Crippen molar-refractivity contribution in [3.8, 4) is 0 Å². The highest BCUT2D eigenvalue weighted by Gasteiger charge is 2.22. The number of benzene rings is 2. The molecule has 2 aromatic rings. The number of carbonyl (C=O) groups excluding carboxylic acids is 1. The highest BCUT2D eigenvalue weighted by atomic mass is 79.9. The summed E-state index contributed by atoms with van der Waals surface area (Å²) in [4.78, 5) is 12.3. The minimum absolute atomic E-state index is 0.0718. The third kappa shape index (κ3) is 2.45. The summed E-state index contributed by atoms with van der Waals surface area (Å²) >= 11 is 2.96. The second-order valence-electron chi connectivity index (χ2n) is 4.29. The van der Waals surface area contributed by atoms with E-state index in [1.54, 1.807) is 19.1 Å². The average molecular weight is 325 g/mol. The van der Waals surface area contributed by atoms with Gasteiger partial charge in [-0.3, -0.25) is 4.79 Å². The van der Waals surface area contributed by atoms with Gasteiger partial charge in [0.25, 0.3) is 0 Å². The zero-order valence-corrected chi connectivity index (χ0v) is 12.0. The molecular formula is C15H11BrF2O. The predicted molar refractivity (Wildman–Crippen MR) is 73.4 cm³/mol. The lowest BCUT2D eigenvalue weighted by atomic mass is 9.95. The SMILES string of the molecule is Cc1cccc(C(=O)c2c(F)ccc(Br)c2F)c1C. The Morgan fingerprint density at radius 1 is 1.11 bits per heavy atom. The lowest BCUT2D eigenvalue weighted by Gasteiger charge is -2.09. The molecule has 0 spiro atoms. The molecule has 0 heterocycles. The standard InChI is InChI=1S/C15H11BrF2O/c1-8-4-3-5-10(9(8)2)15(19)13-12(17)7-6-11(16)14(13)18/h3-7H,1-2H3. The van der Waals surface area contributed by atoms with Crippen LogP contribution in [0.2, 0.25) is 0 Å². The number of hydrogen-bond donors (Lipinski definition) is 0. The average Bonchev–Trinajstić information content (AvgIpc) is 2.37. The molecule has 2 rings (SSSR count). The maximum absolute atomic E-state index is 13.9. The van der Waals surface area contributed by atoms with Crippen LogP contribution in [-0.4, -0.2) is 5.78 Å². The number of carbonyl (C=O) groups is 1. The molecule has 0 radical (unpaired) electrons. The maximum atomic E-state index is 13.9. The van der Waals surface area contributed by atoms with Crippen LogP contribution < -0.4 is 0 Å². The molecule has 0 fully saturated rings. The van der Waals surface area contributed by atoms with E-state index in [1.807, 2.05) is 13.0 Å². The summed E-state index contributed by atoms with van der Waals surface area (Å²) in [5.41, 5.74) is 1.42. The molecule has 4 heteroatoms. The van der Waals surface area contributed by atoms with E-state index in [0.29, 0.717) is 5.56 Å². The van der Waals surface area contributed by atoms with Gasteiger partial charge in [0.2, 0.25) is 0 Å². The second kappa shape index (κ2) is 5.21. The van der Waals surface area contributed by atoms with Gasteiger partial charge in [-0.2, -0.15) is 0 Å². The number of rotatable bonds is 2. The van der Waals surface area contributed by atoms with Gasteiger partial charge in [0.15, 0.2) is 11.6 Å². The summed E-state index contributed by atoms with van der Waals surface area (Å²) in [5, 5.41) is 0. The third-order valence-corrected chi connectivity index (χ3v) is 3.73. The third-order valence-electron chi connectivity index (χ3n) is 3.12. The van der Waals surface area contributed by atoms with Crippen LogP contribution in [0, 0.1) is 25.5 Å². The summed E-state index contributed by atoms with van der Waals surface area (Å²) in [6, 6.07) is 7.43. The number of aryl methyl sites for hydroxylation is 1. The molecule has 0 N–H and O–H groups in total. The van der Waals surface area contributed by atoms with Crippen molar-refractivity contribution < 1.29 is 13.6 Å². The summed E-state index contributed by atoms with van der Waals surface area (Å²) < 4.78 is 27.7. The van der Waals surface area contributed by atoms with Crippen LogP contribution in [0.3, 0.4) is 0 Å². The minimum atomic E-state index is -0.870. The van der Waals surface area contributed by atoms with Gasteiger partial charge in [0.05, 0.1) is 10.0 Å². The van der Waals surface area contributed by atoms with Crippen molar-refractivity contribution in [2.75, 3.05) is 0 Å². The molecule has 0 unspecified atom stereocenters. The van der Waals surface area contributed by atoms with E-state index in [0.717, 1.165) is 17.2 Å². The normalized spacial score (nSPS) is 10.6. The summed E-state index contributed by atoms with van der Waals surface area (Å²) in [6.07, 6.45) is 0. The van der Waals surface area contributed by atoms with Crippen molar-refractivity contribution >= 4 is 21.7 Å². The minimum Gasteiger partial charge on any atom is -0.288 e. The molecular weight excluding hydrogens is 314 g/mol. The molecule has 0 atom stereocenters. The Bertz CT molecular complexity index is 665. The Morgan fingerprint density at radius 2 is 1.79 bits per heavy atom.